The molecule has 0 atom stereocenters. The van der Waals surface area contributed by atoms with Gasteiger partial charge in [0.1, 0.15) is 12.9 Å². The molecule has 10 heteroatoms. The summed E-state index contributed by atoms with van der Waals surface area (Å²) in [6.45, 7) is 3.71. The zero-order chi connectivity index (χ0) is 23.5. The maximum atomic E-state index is 12.9. The lowest BCUT2D eigenvalue weighted by Gasteiger charge is -2.39. The Labute approximate surface area is 198 Å². The molecular formula is C24H31N7O3. The second-order valence-electron chi connectivity index (χ2n) is 9.73. The minimum absolute atomic E-state index is 0.0193. The SMILES string of the molecule is O=C(Cn1cnnn1)N1CCC2(CC1)CCN(C(=O)CCC(=O)N1CCCc3ccccc31)C2. The van der Waals surface area contributed by atoms with Crippen LogP contribution >= 0.6 is 0 Å². The predicted octanol–water partition coefficient (Wildman–Crippen LogP) is 1.27. The first-order valence-electron chi connectivity index (χ1n) is 12.2. The number of hydrogen-bond donors (Lipinski definition) is 0. The van der Waals surface area contributed by atoms with Gasteiger partial charge < -0.3 is 14.7 Å². The minimum atomic E-state index is 0.0193. The zero-order valence-corrected chi connectivity index (χ0v) is 19.4. The monoisotopic (exact) mass is 465 g/mol. The summed E-state index contributed by atoms with van der Waals surface area (Å²) >= 11 is 0. The Morgan fingerprint density at radius 2 is 1.62 bits per heavy atom. The summed E-state index contributed by atoms with van der Waals surface area (Å²) in [5, 5.41) is 10.9. The van der Waals surface area contributed by atoms with E-state index < -0.39 is 0 Å². The molecular weight excluding hydrogens is 434 g/mol. The Morgan fingerprint density at radius 1 is 0.882 bits per heavy atom. The fourth-order valence-corrected chi connectivity index (χ4v) is 5.58. The van der Waals surface area contributed by atoms with E-state index in [1.807, 2.05) is 32.9 Å². The van der Waals surface area contributed by atoms with E-state index in [0.29, 0.717) is 13.1 Å². The Morgan fingerprint density at radius 3 is 2.38 bits per heavy atom. The second kappa shape index (κ2) is 9.52. The van der Waals surface area contributed by atoms with Crippen molar-refractivity contribution in [1.82, 2.24) is 30.0 Å². The van der Waals surface area contributed by atoms with Crippen molar-refractivity contribution in [2.75, 3.05) is 37.6 Å². The molecule has 3 amide bonds. The number of para-hydroxylation sites is 1. The van der Waals surface area contributed by atoms with Crippen LogP contribution in [0, 0.1) is 5.41 Å². The smallest absolute Gasteiger partial charge is 0.244 e. The van der Waals surface area contributed by atoms with Crippen molar-refractivity contribution in [2.45, 2.75) is 51.5 Å². The van der Waals surface area contributed by atoms with Crippen LogP contribution in [0.3, 0.4) is 0 Å². The van der Waals surface area contributed by atoms with Crippen molar-refractivity contribution in [3.63, 3.8) is 0 Å². The molecule has 0 bridgehead atoms. The third kappa shape index (κ3) is 4.67. The molecule has 10 nitrogen and oxygen atoms in total. The Kier molecular flexibility index (Phi) is 6.30. The van der Waals surface area contributed by atoms with Crippen molar-refractivity contribution < 1.29 is 14.4 Å². The maximum Gasteiger partial charge on any atom is 0.244 e. The molecule has 0 aliphatic carbocycles. The summed E-state index contributed by atoms with van der Waals surface area (Å²) in [5.74, 6) is 0.113. The highest BCUT2D eigenvalue weighted by atomic mass is 16.2. The normalized spacial score (nSPS) is 19.4. The van der Waals surface area contributed by atoms with Gasteiger partial charge in [-0.25, -0.2) is 4.68 Å². The van der Waals surface area contributed by atoms with Gasteiger partial charge in [0.05, 0.1) is 0 Å². The lowest BCUT2D eigenvalue weighted by molar-refractivity contribution is -0.135. The van der Waals surface area contributed by atoms with E-state index >= 15 is 0 Å². The van der Waals surface area contributed by atoms with Crippen molar-refractivity contribution in [3.05, 3.63) is 36.2 Å². The Bertz CT molecular complexity index is 1050. The van der Waals surface area contributed by atoms with Crippen LogP contribution in [0.4, 0.5) is 5.69 Å². The molecule has 0 unspecified atom stereocenters. The molecule has 1 aromatic carbocycles. The molecule has 34 heavy (non-hydrogen) atoms. The van der Waals surface area contributed by atoms with Crippen molar-refractivity contribution in [1.29, 1.82) is 0 Å². The van der Waals surface area contributed by atoms with Gasteiger partial charge in [-0.15, -0.1) is 5.10 Å². The lowest BCUT2D eigenvalue weighted by atomic mass is 9.78. The van der Waals surface area contributed by atoms with E-state index in [4.69, 9.17) is 0 Å². The number of nitrogens with zero attached hydrogens (tertiary/aromatic N) is 7. The Hall–Kier alpha value is -3.30. The highest BCUT2D eigenvalue weighted by Gasteiger charge is 2.42. The fourth-order valence-electron chi connectivity index (χ4n) is 5.58. The van der Waals surface area contributed by atoms with Crippen LogP contribution in [0.5, 0.6) is 0 Å². The van der Waals surface area contributed by atoms with E-state index in [1.165, 1.54) is 16.6 Å². The number of hydrogen-bond acceptors (Lipinski definition) is 6. The minimum Gasteiger partial charge on any atom is -0.342 e. The van der Waals surface area contributed by atoms with Crippen molar-refractivity contribution in [3.8, 4) is 0 Å². The van der Waals surface area contributed by atoms with Crippen LogP contribution in [0.2, 0.25) is 0 Å². The van der Waals surface area contributed by atoms with E-state index in [-0.39, 0.29) is 42.5 Å². The molecule has 0 radical (unpaired) electrons. The zero-order valence-electron chi connectivity index (χ0n) is 19.4. The summed E-state index contributed by atoms with van der Waals surface area (Å²) in [7, 11) is 0. The summed E-state index contributed by atoms with van der Waals surface area (Å²) in [4.78, 5) is 44.0. The molecule has 0 saturated carbocycles. The van der Waals surface area contributed by atoms with Gasteiger partial charge in [0.15, 0.2) is 0 Å². The topological polar surface area (TPSA) is 105 Å². The van der Waals surface area contributed by atoms with Crippen molar-refractivity contribution in [2.24, 2.45) is 5.41 Å². The third-order valence-electron chi connectivity index (χ3n) is 7.62. The van der Waals surface area contributed by atoms with E-state index in [0.717, 1.165) is 57.4 Å². The number of tetrazole rings is 1. The van der Waals surface area contributed by atoms with Gasteiger partial charge in [0.25, 0.3) is 0 Å². The van der Waals surface area contributed by atoms with Crippen LogP contribution < -0.4 is 4.90 Å². The van der Waals surface area contributed by atoms with Gasteiger partial charge in [0.2, 0.25) is 17.7 Å². The summed E-state index contributed by atoms with van der Waals surface area (Å²) in [5.41, 5.74) is 2.28. The Balaban J connectivity index is 1.09. The highest BCUT2D eigenvalue weighted by molar-refractivity contribution is 5.96. The van der Waals surface area contributed by atoms with E-state index in [9.17, 15) is 14.4 Å². The first kappa shape index (κ1) is 22.5. The maximum absolute atomic E-state index is 12.9. The number of fused-ring (bicyclic) bond motifs is 1. The number of amides is 3. The molecule has 1 spiro atoms. The molecule has 4 heterocycles. The largest absolute Gasteiger partial charge is 0.342 e. The van der Waals surface area contributed by atoms with Crippen molar-refractivity contribution >= 4 is 23.4 Å². The summed E-state index contributed by atoms with van der Waals surface area (Å²) in [6.07, 6.45) is 6.64. The number of rotatable bonds is 5. The third-order valence-corrected chi connectivity index (χ3v) is 7.62. The highest BCUT2D eigenvalue weighted by Crippen LogP contribution is 2.40. The fraction of sp³-hybridized carbons (Fsp3) is 0.583. The van der Waals surface area contributed by atoms with Gasteiger partial charge >= 0.3 is 0 Å². The molecule has 180 valence electrons. The van der Waals surface area contributed by atoms with Crippen LogP contribution in [-0.4, -0.2) is 80.5 Å². The summed E-state index contributed by atoms with van der Waals surface area (Å²) < 4.78 is 1.44. The number of aryl methyl sites for hydroxylation is 1. The standard InChI is InChI=1S/C24H31N7O3/c32-21(7-8-22(33)31-12-3-5-19-4-1-2-6-20(19)31)29-15-11-24(17-29)9-13-28(14-10-24)23(34)16-30-18-25-26-27-30/h1-2,4,6,18H,3,5,7-17H2. The van der Waals surface area contributed by atoms with Crippen LogP contribution in [-0.2, 0) is 27.3 Å². The number of piperidine rings is 1. The van der Waals surface area contributed by atoms with Crippen LogP contribution in [0.15, 0.2) is 30.6 Å². The molecule has 2 fully saturated rings. The van der Waals surface area contributed by atoms with Gasteiger partial charge in [0, 0.05) is 51.3 Å². The quantitative estimate of drug-likeness (QED) is 0.659. The van der Waals surface area contributed by atoms with Crippen LogP contribution in [0.25, 0.3) is 0 Å². The molecule has 3 aliphatic heterocycles. The van der Waals surface area contributed by atoms with Gasteiger partial charge in [-0.1, -0.05) is 18.2 Å². The molecule has 0 N–H and O–H groups in total. The number of benzene rings is 1. The number of anilines is 1. The number of likely N-dealkylation sites (tertiary alicyclic amines) is 2. The lowest BCUT2D eigenvalue weighted by Crippen LogP contribution is -2.45. The summed E-state index contributed by atoms with van der Waals surface area (Å²) in [6, 6.07) is 8.05. The first-order valence-corrected chi connectivity index (χ1v) is 12.2. The van der Waals surface area contributed by atoms with E-state index in [2.05, 4.69) is 21.6 Å². The van der Waals surface area contributed by atoms with Gasteiger partial charge in [-0.3, -0.25) is 14.4 Å². The molecule has 2 saturated heterocycles. The van der Waals surface area contributed by atoms with Gasteiger partial charge in [-0.05, 0) is 59.6 Å². The first-order chi connectivity index (χ1) is 16.5. The molecule has 1 aromatic heterocycles. The predicted molar refractivity (Wildman–Crippen MR) is 124 cm³/mol. The second-order valence-corrected chi connectivity index (χ2v) is 9.73. The molecule has 2 aromatic rings. The number of aromatic nitrogens is 4. The molecule has 3 aliphatic rings. The van der Waals surface area contributed by atoms with Crippen LogP contribution in [0.1, 0.15) is 44.1 Å². The van der Waals surface area contributed by atoms with Gasteiger partial charge in [-0.2, -0.15) is 0 Å². The van der Waals surface area contributed by atoms with E-state index in [1.54, 1.807) is 0 Å². The molecule has 5 rings (SSSR count). The number of carbonyl (C=O) groups is 3. The average Bonchev–Trinajstić information content (AvgIpc) is 3.53. The number of carbonyl (C=O) groups excluding carboxylic acids is 3. The average molecular weight is 466 g/mol.